The lowest BCUT2D eigenvalue weighted by atomic mass is 10.1. The van der Waals surface area contributed by atoms with Gasteiger partial charge in [-0.1, -0.05) is 58.8 Å². The Labute approximate surface area is 119 Å². The van der Waals surface area contributed by atoms with Crippen LogP contribution in [0.4, 0.5) is 0 Å². The quantitative estimate of drug-likeness (QED) is 0.507. The van der Waals surface area contributed by atoms with Crippen molar-refractivity contribution in [3.63, 3.8) is 0 Å². The zero-order valence-electron chi connectivity index (χ0n) is 13.2. The highest BCUT2D eigenvalue weighted by molar-refractivity contribution is 5.67. The van der Waals surface area contributed by atoms with Gasteiger partial charge in [0, 0.05) is 6.04 Å². The summed E-state index contributed by atoms with van der Waals surface area (Å²) in [6.07, 6.45) is 10.9. The largest absolute Gasteiger partial charge is 0.481 e. The summed E-state index contributed by atoms with van der Waals surface area (Å²) in [4.78, 5) is 13.0. The Morgan fingerprint density at radius 3 is 2.00 bits per heavy atom. The molecular weight excluding hydrogens is 238 g/mol. The first-order chi connectivity index (χ1) is 9.11. The zero-order valence-corrected chi connectivity index (χ0v) is 13.2. The van der Waals surface area contributed by atoms with E-state index in [0.29, 0.717) is 0 Å². The third-order valence-corrected chi connectivity index (χ3v) is 3.80. The minimum atomic E-state index is -0.693. The second-order valence-corrected chi connectivity index (χ2v) is 5.55. The summed E-state index contributed by atoms with van der Waals surface area (Å²) in [5, 5.41) is 8.81. The molecule has 0 amide bonds. The second-order valence-electron chi connectivity index (χ2n) is 5.55. The van der Waals surface area contributed by atoms with Gasteiger partial charge in [0.25, 0.3) is 0 Å². The van der Waals surface area contributed by atoms with Crippen LogP contribution >= 0.6 is 0 Å². The van der Waals surface area contributed by atoms with Crippen molar-refractivity contribution in [2.24, 2.45) is 0 Å². The first kappa shape index (κ1) is 18.4. The van der Waals surface area contributed by atoms with E-state index in [4.69, 9.17) is 5.11 Å². The van der Waals surface area contributed by atoms with Gasteiger partial charge in [-0.2, -0.15) is 0 Å². The molecule has 0 heterocycles. The van der Waals surface area contributed by atoms with Crippen molar-refractivity contribution in [3.05, 3.63) is 0 Å². The Morgan fingerprint density at radius 1 is 1.00 bits per heavy atom. The molecule has 19 heavy (non-hydrogen) atoms. The summed E-state index contributed by atoms with van der Waals surface area (Å²) in [5.74, 6) is -0.693. The summed E-state index contributed by atoms with van der Waals surface area (Å²) in [5.41, 5.74) is 0. The first-order valence-corrected chi connectivity index (χ1v) is 8.07. The monoisotopic (exact) mass is 271 g/mol. The predicted octanol–water partition coefficient (Wildman–Crippen LogP) is 4.31. The first-order valence-electron chi connectivity index (χ1n) is 8.07. The molecule has 3 heteroatoms. The van der Waals surface area contributed by atoms with E-state index in [1.807, 2.05) is 6.92 Å². The minimum absolute atomic E-state index is 0.159. The van der Waals surface area contributed by atoms with Gasteiger partial charge in [-0.15, -0.1) is 0 Å². The third kappa shape index (κ3) is 11.0. The zero-order chi connectivity index (χ0) is 14.5. The molecule has 0 aromatic heterocycles. The van der Waals surface area contributed by atoms with Crippen molar-refractivity contribution in [2.75, 3.05) is 13.1 Å². The van der Waals surface area contributed by atoms with E-state index in [-0.39, 0.29) is 12.5 Å². The molecule has 0 saturated carbocycles. The number of hydrogen-bond acceptors (Lipinski definition) is 2. The van der Waals surface area contributed by atoms with Crippen LogP contribution in [-0.2, 0) is 4.79 Å². The van der Waals surface area contributed by atoms with E-state index in [9.17, 15) is 4.79 Å². The van der Waals surface area contributed by atoms with Crippen molar-refractivity contribution >= 4 is 5.97 Å². The van der Waals surface area contributed by atoms with E-state index >= 15 is 0 Å². The van der Waals surface area contributed by atoms with Crippen molar-refractivity contribution in [1.82, 2.24) is 4.90 Å². The van der Waals surface area contributed by atoms with Crippen LogP contribution in [0.15, 0.2) is 0 Å². The molecule has 0 aliphatic heterocycles. The lowest BCUT2D eigenvalue weighted by molar-refractivity contribution is -0.138. The highest BCUT2D eigenvalue weighted by atomic mass is 16.4. The van der Waals surface area contributed by atoms with Crippen LogP contribution in [0.25, 0.3) is 0 Å². The molecule has 0 aromatic carbocycles. The standard InChI is InChI=1S/C16H33NO2/c1-4-6-7-8-9-10-11-12-13-17(5-2)15(3)14-16(18)19/h15H,4-14H2,1-3H3,(H,18,19). The summed E-state index contributed by atoms with van der Waals surface area (Å²) < 4.78 is 0. The molecule has 114 valence electrons. The topological polar surface area (TPSA) is 40.5 Å². The maximum atomic E-state index is 10.7. The Morgan fingerprint density at radius 2 is 1.53 bits per heavy atom. The van der Waals surface area contributed by atoms with Gasteiger partial charge in [0.15, 0.2) is 0 Å². The van der Waals surface area contributed by atoms with Crippen LogP contribution in [0, 0.1) is 0 Å². The Bertz CT molecular complexity index is 219. The van der Waals surface area contributed by atoms with Gasteiger partial charge in [0.2, 0.25) is 0 Å². The molecule has 3 nitrogen and oxygen atoms in total. The average Bonchev–Trinajstić information content (AvgIpc) is 2.36. The Kier molecular flexibility index (Phi) is 12.1. The van der Waals surface area contributed by atoms with Crippen molar-refractivity contribution < 1.29 is 9.90 Å². The minimum Gasteiger partial charge on any atom is -0.481 e. The van der Waals surface area contributed by atoms with E-state index in [1.165, 1.54) is 51.4 Å². The number of nitrogens with zero attached hydrogens (tertiary/aromatic N) is 1. The molecule has 0 saturated heterocycles. The smallest absolute Gasteiger partial charge is 0.304 e. The molecule has 1 N–H and O–H groups in total. The van der Waals surface area contributed by atoms with E-state index in [0.717, 1.165) is 13.1 Å². The van der Waals surface area contributed by atoms with Gasteiger partial charge < -0.3 is 10.0 Å². The molecule has 0 rings (SSSR count). The van der Waals surface area contributed by atoms with Crippen LogP contribution in [0.3, 0.4) is 0 Å². The second kappa shape index (κ2) is 12.5. The average molecular weight is 271 g/mol. The summed E-state index contributed by atoms with van der Waals surface area (Å²) in [6, 6.07) is 0.159. The molecule has 1 unspecified atom stereocenters. The van der Waals surface area contributed by atoms with Gasteiger partial charge in [-0.25, -0.2) is 0 Å². The maximum absolute atomic E-state index is 10.7. The molecule has 0 fully saturated rings. The predicted molar refractivity (Wildman–Crippen MR) is 81.6 cm³/mol. The molecule has 0 aromatic rings. The molecular formula is C16H33NO2. The van der Waals surface area contributed by atoms with Gasteiger partial charge in [0.1, 0.15) is 0 Å². The molecule has 1 atom stereocenters. The number of carbonyl (C=O) groups is 1. The number of hydrogen-bond donors (Lipinski definition) is 1. The summed E-state index contributed by atoms with van der Waals surface area (Å²) in [6.45, 7) is 8.37. The van der Waals surface area contributed by atoms with Gasteiger partial charge in [0.05, 0.1) is 6.42 Å². The van der Waals surface area contributed by atoms with Gasteiger partial charge in [-0.05, 0) is 26.4 Å². The Balaban J connectivity index is 3.53. The van der Waals surface area contributed by atoms with E-state index < -0.39 is 5.97 Å². The van der Waals surface area contributed by atoms with Crippen LogP contribution in [0.2, 0.25) is 0 Å². The summed E-state index contributed by atoms with van der Waals surface area (Å²) >= 11 is 0. The maximum Gasteiger partial charge on any atom is 0.304 e. The van der Waals surface area contributed by atoms with Crippen LogP contribution in [0.5, 0.6) is 0 Å². The SMILES string of the molecule is CCCCCCCCCCN(CC)C(C)CC(=O)O. The van der Waals surface area contributed by atoms with Crippen molar-refractivity contribution in [2.45, 2.75) is 84.6 Å². The third-order valence-electron chi connectivity index (χ3n) is 3.80. The molecule has 0 bridgehead atoms. The molecule has 0 spiro atoms. The van der Waals surface area contributed by atoms with E-state index in [2.05, 4.69) is 18.7 Å². The fourth-order valence-electron chi connectivity index (χ4n) is 2.52. The highest BCUT2D eigenvalue weighted by Gasteiger charge is 2.14. The molecule has 0 aliphatic carbocycles. The molecule has 0 radical (unpaired) electrons. The fourth-order valence-corrected chi connectivity index (χ4v) is 2.52. The lowest BCUT2D eigenvalue weighted by Gasteiger charge is -2.26. The number of aliphatic carboxylic acids is 1. The van der Waals surface area contributed by atoms with E-state index in [1.54, 1.807) is 0 Å². The van der Waals surface area contributed by atoms with Crippen LogP contribution in [0.1, 0.15) is 78.6 Å². The van der Waals surface area contributed by atoms with Gasteiger partial charge >= 0.3 is 5.97 Å². The van der Waals surface area contributed by atoms with Crippen molar-refractivity contribution in [1.29, 1.82) is 0 Å². The number of carboxylic acid groups (broad SMARTS) is 1. The number of unbranched alkanes of at least 4 members (excludes halogenated alkanes) is 7. The highest BCUT2D eigenvalue weighted by Crippen LogP contribution is 2.10. The Hall–Kier alpha value is -0.570. The summed E-state index contributed by atoms with van der Waals surface area (Å²) in [7, 11) is 0. The number of rotatable bonds is 13. The van der Waals surface area contributed by atoms with Crippen molar-refractivity contribution in [3.8, 4) is 0 Å². The van der Waals surface area contributed by atoms with Crippen LogP contribution in [-0.4, -0.2) is 35.1 Å². The number of carboxylic acids is 1. The molecule has 0 aliphatic rings. The normalized spacial score (nSPS) is 12.8. The fraction of sp³-hybridized carbons (Fsp3) is 0.938. The lowest BCUT2D eigenvalue weighted by Crippen LogP contribution is -2.35. The van der Waals surface area contributed by atoms with Crippen LogP contribution < -0.4 is 0 Å². The van der Waals surface area contributed by atoms with Gasteiger partial charge in [-0.3, -0.25) is 4.79 Å².